The fourth-order valence-corrected chi connectivity index (χ4v) is 6.47. The number of halogens is 2. The maximum Gasteiger partial charge on any atom is 0.407 e. The van der Waals surface area contributed by atoms with Crippen molar-refractivity contribution in [3.05, 3.63) is 143 Å². The number of carboxylic acid groups (broad SMARTS) is 1. The van der Waals surface area contributed by atoms with Crippen molar-refractivity contribution in [2.75, 3.05) is 25.0 Å². The molecule has 9 nitrogen and oxygen atoms in total. The van der Waals surface area contributed by atoms with Gasteiger partial charge in [0.05, 0.1) is 11.7 Å². The molecule has 0 spiro atoms. The van der Waals surface area contributed by atoms with Gasteiger partial charge in [-0.2, -0.15) is 0 Å². The molecule has 0 radical (unpaired) electrons. The van der Waals surface area contributed by atoms with E-state index in [0.29, 0.717) is 65.5 Å². The Morgan fingerprint density at radius 2 is 1.73 bits per heavy atom. The maximum atomic E-state index is 14.9. The summed E-state index contributed by atoms with van der Waals surface area (Å²) in [6.07, 6.45) is 7.17. The molecule has 1 saturated heterocycles. The number of nitrogens with zero attached hydrogens (tertiary/aromatic N) is 5. The SMILES string of the molecule is O=C(c1ccc(Nc2ncc3c(n2)C2=CN=C(Cl)C=C(c4ccccc4F)C2=CC3)cc1)N1CCN(C(=O)O)C(Cc2ccccc2)C1. The van der Waals surface area contributed by atoms with Crippen LogP contribution < -0.4 is 5.32 Å². The Hall–Kier alpha value is -5.61. The normalized spacial score (nSPS) is 17.2. The molecule has 1 fully saturated rings. The molecule has 1 aromatic heterocycles. The number of benzene rings is 3. The van der Waals surface area contributed by atoms with Crippen molar-refractivity contribution in [2.45, 2.75) is 18.9 Å². The molecule has 1 atom stereocenters. The number of hydrogen-bond acceptors (Lipinski definition) is 6. The summed E-state index contributed by atoms with van der Waals surface area (Å²) in [5.41, 5.74) is 6.30. The second-order valence-electron chi connectivity index (χ2n) is 11.7. The lowest BCUT2D eigenvalue weighted by atomic mass is 9.85. The molecule has 240 valence electrons. The van der Waals surface area contributed by atoms with Crippen LogP contribution in [0, 0.1) is 5.82 Å². The molecule has 2 amide bonds. The topological polar surface area (TPSA) is 111 Å². The Kier molecular flexibility index (Phi) is 8.56. The van der Waals surface area contributed by atoms with Crippen molar-refractivity contribution >= 4 is 51.6 Å². The number of allylic oxidation sites excluding steroid dienone is 5. The van der Waals surface area contributed by atoms with Crippen LogP contribution in [0.25, 0.3) is 11.1 Å². The van der Waals surface area contributed by atoms with Crippen LogP contribution in [0.3, 0.4) is 0 Å². The Morgan fingerprint density at radius 3 is 2.50 bits per heavy atom. The number of piperazine rings is 1. The van der Waals surface area contributed by atoms with Gasteiger partial charge in [0, 0.05) is 60.0 Å². The molecule has 2 aliphatic heterocycles. The van der Waals surface area contributed by atoms with Gasteiger partial charge in [-0.3, -0.25) is 4.79 Å². The van der Waals surface area contributed by atoms with E-state index in [2.05, 4.69) is 15.3 Å². The Morgan fingerprint density at radius 1 is 0.958 bits per heavy atom. The lowest BCUT2D eigenvalue weighted by molar-refractivity contribution is 0.0476. The molecule has 0 bridgehead atoms. The molecule has 1 unspecified atom stereocenters. The van der Waals surface area contributed by atoms with Gasteiger partial charge in [0.1, 0.15) is 11.0 Å². The predicted molar refractivity (Wildman–Crippen MR) is 184 cm³/mol. The Balaban J connectivity index is 1.07. The predicted octanol–water partition coefficient (Wildman–Crippen LogP) is 6.96. The van der Waals surface area contributed by atoms with Gasteiger partial charge in [-0.25, -0.2) is 24.1 Å². The van der Waals surface area contributed by atoms with Crippen LogP contribution in [0.15, 0.2) is 114 Å². The first-order chi connectivity index (χ1) is 23.3. The lowest BCUT2D eigenvalue weighted by Gasteiger charge is -2.40. The number of rotatable bonds is 6. The van der Waals surface area contributed by atoms with Crippen molar-refractivity contribution in [1.29, 1.82) is 0 Å². The van der Waals surface area contributed by atoms with Crippen LogP contribution in [-0.4, -0.2) is 67.7 Å². The van der Waals surface area contributed by atoms with Crippen molar-refractivity contribution in [3.63, 3.8) is 0 Å². The Labute approximate surface area is 281 Å². The van der Waals surface area contributed by atoms with Crippen LogP contribution in [-0.2, 0) is 12.8 Å². The van der Waals surface area contributed by atoms with Crippen LogP contribution in [0.4, 0.5) is 20.8 Å². The summed E-state index contributed by atoms with van der Waals surface area (Å²) >= 11 is 6.37. The first-order valence-corrected chi connectivity index (χ1v) is 15.9. The molecule has 3 heterocycles. The van der Waals surface area contributed by atoms with Gasteiger partial charge < -0.3 is 20.2 Å². The van der Waals surface area contributed by atoms with E-state index in [0.717, 1.165) is 16.7 Å². The smallest absolute Gasteiger partial charge is 0.407 e. The highest BCUT2D eigenvalue weighted by Gasteiger charge is 2.33. The fourth-order valence-electron chi connectivity index (χ4n) is 6.31. The van der Waals surface area contributed by atoms with E-state index >= 15 is 0 Å². The minimum atomic E-state index is -0.982. The third-order valence-electron chi connectivity index (χ3n) is 8.69. The number of aliphatic imine (C=N–C) groups is 1. The molecule has 7 rings (SSSR count). The number of nitrogens with one attached hydrogen (secondary N) is 1. The summed E-state index contributed by atoms with van der Waals surface area (Å²) in [6.45, 7) is 0.864. The fraction of sp³-hybridized carbons (Fsp3) is 0.162. The summed E-state index contributed by atoms with van der Waals surface area (Å²) in [7, 11) is 0. The van der Waals surface area contributed by atoms with Crippen LogP contribution >= 0.6 is 11.6 Å². The molecule has 0 saturated carbocycles. The summed E-state index contributed by atoms with van der Waals surface area (Å²) in [4.78, 5) is 42.2. The van der Waals surface area contributed by atoms with Crippen LogP contribution in [0.2, 0.25) is 0 Å². The minimum absolute atomic E-state index is 0.160. The zero-order valence-corrected chi connectivity index (χ0v) is 26.4. The molecule has 48 heavy (non-hydrogen) atoms. The second-order valence-corrected chi connectivity index (χ2v) is 12.1. The third kappa shape index (κ3) is 6.34. The minimum Gasteiger partial charge on any atom is -0.465 e. The molecular formula is C37H30ClFN6O3. The van der Waals surface area contributed by atoms with Gasteiger partial charge in [-0.1, -0.05) is 66.2 Å². The molecular weight excluding hydrogens is 631 g/mol. The summed E-state index contributed by atoms with van der Waals surface area (Å²) in [6, 6.07) is 22.9. The summed E-state index contributed by atoms with van der Waals surface area (Å²) in [5.74, 6) is -0.172. The number of carbonyl (C=O) groups is 2. The van der Waals surface area contributed by atoms with E-state index in [1.807, 2.05) is 36.4 Å². The maximum absolute atomic E-state index is 14.9. The number of fused-ring (bicyclic) bond motifs is 3. The summed E-state index contributed by atoms with van der Waals surface area (Å²) in [5, 5.41) is 13.2. The van der Waals surface area contributed by atoms with E-state index in [4.69, 9.17) is 16.6 Å². The highest BCUT2D eigenvalue weighted by molar-refractivity contribution is 6.69. The van der Waals surface area contributed by atoms with Crippen molar-refractivity contribution in [3.8, 4) is 0 Å². The van der Waals surface area contributed by atoms with Gasteiger partial charge in [-0.05, 0) is 66.0 Å². The van der Waals surface area contributed by atoms with E-state index in [9.17, 15) is 19.1 Å². The van der Waals surface area contributed by atoms with E-state index in [1.54, 1.807) is 65.8 Å². The first-order valence-electron chi connectivity index (χ1n) is 15.5. The molecule has 1 aliphatic carbocycles. The van der Waals surface area contributed by atoms with Gasteiger partial charge >= 0.3 is 6.09 Å². The highest BCUT2D eigenvalue weighted by atomic mass is 35.5. The van der Waals surface area contributed by atoms with Gasteiger partial charge in [0.15, 0.2) is 0 Å². The van der Waals surface area contributed by atoms with E-state index < -0.39 is 6.09 Å². The largest absolute Gasteiger partial charge is 0.465 e. The average Bonchev–Trinajstić information content (AvgIpc) is 3.27. The van der Waals surface area contributed by atoms with E-state index in [1.165, 1.54) is 11.0 Å². The zero-order chi connectivity index (χ0) is 33.2. The second kappa shape index (κ2) is 13.2. The zero-order valence-electron chi connectivity index (χ0n) is 25.7. The molecule has 11 heteroatoms. The Bertz CT molecular complexity index is 2030. The third-order valence-corrected chi connectivity index (χ3v) is 8.90. The van der Waals surface area contributed by atoms with Crippen molar-refractivity contribution in [1.82, 2.24) is 19.8 Å². The van der Waals surface area contributed by atoms with Crippen LogP contribution in [0.1, 0.15) is 32.7 Å². The number of aromatic nitrogens is 2. The molecule has 3 aliphatic rings. The molecule has 3 aromatic carbocycles. The van der Waals surface area contributed by atoms with Gasteiger partial charge in [0.2, 0.25) is 5.95 Å². The number of hydrogen-bond donors (Lipinski definition) is 2. The van der Waals surface area contributed by atoms with Crippen molar-refractivity contribution in [2.24, 2.45) is 4.99 Å². The monoisotopic (exact) mass is 660 g/mol. The summed E-state index contributed by atoms with van der Waals surface area (Å²) < 4.78 is 14.9. The molecule has 4 aromatic rings. The van der Waals surface area contributed by atoms with Crippen LogP contribution in [0.5, 0.6) is 0 Å². The van der Waals surface area contributed by atoms with E-state index in [-0.39, 0.29) is 29.5 Å². The first kappa shape index (κ1) is 31.0. The highest BCUT2D eigenvalue weighted by Crippen LogP contribution is 2.41. The van der Waals surface area contributed by atoms with Gasteiger partial charge in [0.25, 0.3) is 5.91 Å². The van der Waals surface area contributed by atoms with Crippen molar-refractivity contribution < 1.29 is 19.1 Å². The lowest BCUT2D eigenvalue weighted by Crippen LogP contribution is -2.57. The number of anilines is 2. The number of carbonyl (C=O) groups excluding carboxylic acids is 1. The van der Waals surface area contributed by atoms with Gasteiger partial charge in [-0.15, -0.1) is 0 Å². The quantitative estimate of drug-likeness (QED) is 0.231. The standard InChI is InChI=1S/C37H30ClFN6O3/c38-33-19-30(29-8-4-5-9-32(29)39)28-15-12-25-20-41-36(43-34(25)31(28)21-40-33)42-26-13-10-24(11-14-26)35(46)44-16-17-45(37(47)48)27(22-44)18-23-6-2-1-3-7-23/h1-11,13-15,19-21,27H,12,16-18,22H2,(H,47,48)(H,41,42,43). The average molecular weight is 661 g/mol. The number of amides is 2. The molecule has 2 N–H and O–H groups in total.